The summed E-state index contributed by atoms with van der Waals surface area (Å²) in [5, 5.41) is 11.3. The van der Waals surface area contributed by atoms with Gasteiger partial charge in [-0.05, 0) is 19.8 Å². The summed E-state index contributed by atoms with van der Waals surface area (Å²) in [5.41, 5.74) is 0. The molecule has 4 heteroatoms. The lowest BCUT2D eigenvalue weighted by Gasteiger charge is -2.31. The monoisotopic (exact) mass is 171 g/mol. The van der Waals surface area contributed by atoms with E-state index >= 15 is 0 Å². The number of carbonyl (C=O) groups excluding carboxylic acids is 1. The Morgan fingerprint density at radius 2 is 2.00 bits per heavy atom. The van der Waals surface area contributed by atoms with Crippen molar-refractivity contribution < 1.29 is 14.7 Å². The van der Waals surface area contributed by atoms with Crippen molar-refractivity contribution in [2.24, 2.45) is 11.8 Å². The van der Waals surface area contributed by atoms with Crippen molar-refractivity contribution >= 4 is 11.9 Å². The fourth-order valence-corrected chi connectivity index (χ4v) is 1.41. The SMILES string of the molecule is CCNC(=O)C1CCC1C(=O)O. The Hall–Kier alpha value is -1.06. The highest BCUT2D eigenvalue weighted by atomic mass is 16.4. The molecule has 0 heterocycles. The molecule has 2 N–H and O–H groups in total. The van der Waals surface area contributed by atoms with Crippen molar-refractivity contribution in [3.05, 3.63) is 0 Å². The van der Waals surface area contributed by atoms with Crippen LogP contribution < -0.4 is 5.32 Å². The summed E-state index contributed by atoms with van der Waals surface area (Å²) >= 11 is 0. The zero-order valence-corrected chi connectivity index (χ0v) is 7.04. The number of amides is 1. The molecule has 12 heavy (non-hydrogen) atoms. The molecule has 0 aromatic carbocycles. The van der Waals surface area contributed by atoms with E-state index in [0.29, 0.717) is 19.4 Å². The number of carboxylic acids is 1. The molecule has 1 aliphatic carbocycles. The number of aliphatic carboxylic acids is 1. The van der Waals surface area contributed by atoms with Crippen molar-refractivity contribution in [1.82, 2.24) is 5.32 Å². The van der Waals surface area contributed by atoms with Crippen LogP contribution in [0.4, 0.5) is 0 Å². The average Bonchev–Trinajstić information content (AvgIpc) is 1.82. The maximum absolute atomic E-state index is 11.2. The normalized spacial score (nSPS) is 27.4. The Morgan fingerprint density at radius 1 is 1.42 bits per heavy atom. The molecule has 0 aliphatic heterocycles. The fourth-order valence-electron chi connectivity index (χ4n) is 1.41. The number of rotatable bonds is 3. The molecular weight excluding hydrogens is 158 g/mol. The summed E-state index contributed by atoms with van der Waals surface area (Å²) < 4.78 is 0. The van der Waals surface area contributed by atoms with Gasteiger partial charge in [-0.25, -0.2) is 0 Å². The summed E-state index contributed by atoms with van der Waals surface area (Å²) in [5.74, 6) is -1.70. The summed E-state index contributed by atoms with van der Waals surface area (Å²) in [6.07, 6.45) is 1.35. The highest BCUT2D eigenvalue weighted by Crippen LogP contribution is 2.34. The second-order valence-corrected chi connectivity index (χ2v) is 3.02. The van der Waals surface area contributed by atoms with E-state index in [1.54, 1.807) is 0 Å². The molecule has 4 nitrogen and oxygen atoms in total. The second-order valence-electron chi connectivity index (χ2n) is 3.02. The van der Waals surface area contributed by atoms with Crippen LogP contribution in [0.2, 0.25) is 0 Å². The lowest BCUT2D eigenvalue weighted by molar-refractivity contribution is -0.152. The zero-order chi connectivity index (χ0) is 9.14. The number of carboxylic acid groups (broad SMARTS) is 1. The number of hydrogen-bond donors (Lipinski definition) is 2. The molecule has 0 spiro atoms. The quantitative estimate of drug-likeness (QED) is 0.639. The van der Waals surface area contributed by atoms with Gasteiger partial charge in [0.05, 0.1) is 11.8 Å². The molecule has 0 saturated heterocycles. The molecule has 0 aromatic heterocycles. The predicted octanol–water partition coefficient (Wildman–Crippen LogP) is 0.233. The first-order valence-electron chi connectivity index (χ1n) is 4.17. The van der Waals surface area contributed by atoms with Crippen molar-refractivity contribution in [3.8, 4) is 0 Å². The third-order valence-corrected chi connectivity index (χ3v) is 2.28. The fraction of sp³-hybridized carbons (Fsp3) is 0.750. The van der Waals surface area contributed by atoms with Gasteiger partial charge in [0.15, 0.2) is 0 Å². The van der Waals surface area contributed by atoms with Gasteiger partial charge < -0.3 is 10.4 Å². The van der Waals surface area contributed by atoms with Gasteiger partial charge in [-0.2, -0.15) is 0 Å². The topological polar surface area (TPSA) is 66.4 Å². The highest BCUT2D eigenvalue weighted by Gasteiger charge is 2.40. The summed E-state index contributed by atoms with van der Waals surface area (Å²) in [6, 6.07) is 0. The van der Waals surface area contributed by atoms with Crippen molar-refractivity contribution in [2.75, 3.05) is 6.54 Å². The lowest BCUT2D eigenvalue weighted by Crippen LogP contribution is -2.43. The van der Waals surface area contributed by atoms with Gasteiger partial charge in [0.1, 0.15) is 0 Å². The standard InChI is InChI=1S/C8H13NO3/c1-2-9-7(10)5-3-4-6(5)8(11)12/h5-6H,2-4H2,1H3,(H,9,10)(H,11,12). The molecule has 1 fully saturated rings. The van der Waals surface area contributed by atoms with Gasteiger partial charge in [0, 0.05) is 6.54 Å². The number of nitrogens with one attached hydrogen (secondary N) is 1. The van der Waals surface area contributed by atoms with E-state index < -0.39 is 11.9 Å². The average molecular weight is 171 g/mol. The molecule has 1 rings (SSSR count). The number of carbonyl (C=O) groups is 2. The Kier molecular flexibility index (Phi) is 2.68. The van der Waals surface area contributed by atoms with E-state index in [4.69, 9.17) is 5.11 Å². The first-order chi connectivity index (χ1) is 5.66. The molecule has 2 unspecified atom stereocenters. The van der Waals surface area contributed by atoms with E-state index in [1.165, 1.54) is 0 Å². The van der Waals surface area contributed by atoms with E-state index in [0.717, 1.165) is 0 Å². The zero-order valence-electron chi connectivity index (χ0n) is 7.04. The molecule has 0 bridgehead atoms. The minimum absolute atomic E-state index is 0.115. The van der Waals surface area contributed by atoms with Gasteiger partial charge >= 0.3 is 5.97 Å². The highest BCUT2D eigenvalue weighted by molar-refractivity contribution is 5.86. The van der Waals surface area contributed by atoms with Crippen molar-refractivity contribution in [3.63, 3.8) is 0 Å². The number of hydrogen-bond acceptors (Lipinski definition) is 2. The molecule has 2 atom stereocenters. The molecular formula is C8H13NO3. The maximum atomic E-state index is 11.2. The maximum Gasteiger partial charge on any atom is 0.307 e. The molecule has 0 radical (unpaired) electrons. The van der Waals surface area contributed by atoms with Crippen molar-refractivity contribution in [1.29, 1.82) is 0 Å². The van der Waals surface area contributed by atoms with E-state index in [9.17, 15) is 9.59 Å². The van der Waals surface area contributed by atoms with Crippen LogP contribution in [-0.4, -0.2) is 23.5 Å². The largest absolute Gasteiger partial charge is 0.481 e. The van der Waals surface area contributed by atoms with Crippen LogP contribution in [0, 0.1) is 11.8 Å². The predicted molar refractivity (Wildman–Crippen MR) is 42.5 cm³/mol. The van der Waals surface area contributed by atoms with Gasteiger partial charge in [-0.1, -0.05) is 0 Å². The van der Waals surface area contributed by atoms with Gasteiger partial charge in [0.25, 0.3) is 0 Å². The molecule has 1 amide bonds. The summed E-state index contributed by atoms with van der Waals surface area (Å²) in [7, 11) is 0. The van der Waals surface area contributed by atoms with Crippen LogP contribution in [0.1, 0.15) is 19.8 Å². The Balaban J connectivity index is 2.43. The van der Waals surface area contributed by atoms with E-state index in [2.05, 4.69) is 5.32 Å². The summed E-state index contributed by atoms with van der Waals surface area (Å²) in [6.45, 7) is 2.40. The minimum atomic E-state index is -0.850. The van der Waals surface area contributed by atoms with Crippen LogP contribution in [0.15, 0.2) is 0 Å². The van der Waals surface area contributed by atoms with Crippen LogP contribution in [0.5, 0.6) is 0 Å². The molecule has 0 aromatic rings. The van der Waals surface area contributed by atoms with Crippen LogP contribution in [0.25, 0.3) is 0 Å². The summed E-state index contributed by atoms with van der Waals surface area (Å²) in [4.78, 5) is 21.7. The van der Waals surface area contributed by atoms with E-state index in [1.807, 2.05) is 6.92 Å². The lowest BCUT2D eigenvalue weighted by atomic mass is 9.73. The van der Waals surface area contributed by atoms with Crippen LogP contribution in [0.3, 0.4) is 0 Å². The van der Waals surface area contributed by atoms with Gasteiger partial charge in [-0.3, -0.25) is 9.59 Å². The van der Waals surface area contributed by atoms with Crippen molar-refractivity contribution in [2.45, 2.75) is 19.8 Å². The smallest absolute Gasteiger partial charge is 0.307 e. The Labute approximate surface area is 71.0 Å². The molecule has 1 aliphatic rings. The Morgan fingerprint density at radius 3 is 2.33 bits per heavy atom. The first-order valence-corrected chi connectivity index (χ1v) is 4.17. The third kappa shape index (κ3) is 1.57. The van der Waals surface area contributed by atoms with E-state index in [-0.39, 0.29) is 11.8 Å². The van der Waals surface area contributed by atoms with Gasteiger partial charge in [0.2, 0.25) is 5.91 Å². The minimum Gasteiger partial charge on any atom is -0.481 e. The van der Waals surface area contributed by atoms with Crippen LogP contribution in [-0.2, 0) is 9.59 Å². The molecule has 1 saturated carbocycles. The first kappa shape index (κ1) is 9.03. The van der Waals surface area contributed by atoms with Crippen LogP contribution >= 0.6 is 0 Å². The third-order valence-electron chi connectivity index (χ3n) is 2.28. The second kappa shape index (κ2) is 3.56. The van der Waals surface area contributed by atoms with Gasteiger partial charge in [-0.15, -0.1) is 0 Å². The molecule has 68 valence electrons. The Bertz CT molecular complexity index is 202.